The highest BCUT2D eigenvalue weighted by atomic mass is 35.5. The van der Waals surface area contributed by atoms with Gasteiger partial charge in [-0.3, -0.25) is 4.98 Å². The summed E-state index contributed by atoms with van der Waals surface area (Å²) in [6.07, 6.45) is 3.42. The van der Waals surface area contributed by atoms with Crippen molar-refractivity contribution >= 4 is 23.2 Å². The molecule has 0 amide bonds. The number of hydrogen-bond donors (Lipinski definition) is 2. The number of rotatable bonds is 5. The van der Waals surface area contributed by atoms with E-state index in [1.807, 2.05) is 31.2 Å². The monoisotopic (exact) mass is 276 g/mol. The summed E-state index contributed by atoms with van der Waals surface area (Å²) in [6.45, 7) is 4.91. The van der Waals surface area contributed by atoms with Gasteiger partial charge >= 0.3 is 0 Å². The first-order valence-corrected chi connectivity index (χ1v) is 6.64. The molecule has 100 valence electrons. The maximum absolute atomic E-state index is 5.99. The highest BCUT2D eigenvalue weighted by Crippen LogP contribution is 2.21. The summed E-state index contributed by atoms with van der Waals surface area (Å²) in [4.78, 5) is 8.59. The lowest BCUT2D eigenvalue weighted by atomic mass is 10.1. The molecule has 2 rings (SSSR count). The third-order valence-corrected chi connectivity index (χ3v) is 2.94. The quantitative estimate of drug-likeness (QED) is 0.874. The topological polar surface area (TPSA) is 49.8 Å². The van der Waals surface area contributed by atoms with Crippen LogP contribution in [0.4, 0.5) is 11.6 Å². The summed E-state index contributed by atoms with van der Waals surface area (Å²) in [5.41, 5.74) is 1.11. The van der Waals surface area contributed by atoms with E-state index >= 15 is 0 Å². The molecule has 1 aromatic carbocycles. The molecule has 1 unspecified atom stereocenters. The van der Waals surface area contributed by atoms with Gasteiger partial charge in [-0.05, 0) is 31.5 Å². The zero-order valence-corrected chi connectivity index (χ0v) is 11.8. The van der Waals surface area contributed by atoms with Crippen LogP contribution in [0.3, 0.4) is 0 Å². The van der Waals surface area contributed by atoms with E-state index in [1.165, 1.54) is 0 Å². The van der Waals surface area contributed by atoms with Crippen LogP contribution < -0.4 is 10.6 Å². The van der Waals surface area contributed by atoms with Crippen LogP contribution >= 0.6 is 11.6 Å². The van der Waals surface area contributed by atoms with Crippen LogP contribution in [0.1, 0.15) is 25.5 Å². The minimum Gasteiger partial charge on any atom is -0.369 e. The molecule has 0 saturated heterocycles. The first-order chi connectivity index (χ1) is 9.19. The number of nitrogens with one attached hydrogen (secondary N) is 2. The van der Waals surface area contributed by atoms with Crippen molar-refractivity contribution in [3.8, 4) is 0 Å². The van der Waals surface area contributed by atoms with Crippen LogP contribution in [0.15, 0.2) is 36.7 Å². The fourth-order valence-corrected chi connectivity index (χ4v) is 1.98. The van der Waals surface area contributed by atoms with Crippen molar-refractivity contribution in [3.63, 3.8) is 0 Å². The van der Waals surface area contributed by atoms with E-state index in [9.17, 15) is 0 Å². The number of benzene rings is 1. The number of hydrogen-bond acceptors (Lipinski definition) is 4. The molecule has 5 heteroatoms. The van der Waals surface area contributed by atoms with Crippen molar-refractivity contribution in [2.24, 2.45) is 0 Å². The lowest BCUT2D eigenvalue weighted by Crippen LogP contribution is -2.09. The summed E-state index contributed by atoms with van der Waals surface area (Å²) in [6, 6.07) is 7.90. The van der Waals surface area contributed by atoms with E-state index in [4.69, 9.17) is 11.6 Å². The maximum Gasteiger partial charge on any atom is 0.147 e. The average Bonchev–Trinajstić information content (AvgIpc) is 2.39. The Kier molecular flexibility index (Phi) is 4.58. The number of aromatic nitrogens is 2. The van der Waals surface area contributed by atoms with Crippen molar-refractivity contribution in [3.05, 3.63) is 47.2 Å². The van der Waals surface area contributed by atoms with Crippen LogP contribution in [0, 0.1) is 0 Å². The van der Waals surface area contributed by atoms with Crippen LogP contribution in [-0.4, -0.2) is 16.5 Å². The van der Waals surface area contributed by atoms with Gasteiger partial charge < -0.3 is 10.6 Å². The first kappa shape index (κ1) is 13.6. The van der Waals surface area contributed by atoms with Crippen molar-refractivity contribution in [1.82, 2.24) is 9.97 Å². The van der Waals surface area contributed by atoms with Gasteiger partial charge in [-0.2, -0.15) is 0 Å². The predicted molar refractivity (Wildman–Crippen MR) is 79.7 cm³/mol. The number of anilines is 2. The molecule has 1 heterocycles. The van der Waals surface area contributed by atoms with Crippen LogP contribution in [0.2, 0.25) is 5.02 Å². The minimum absolute atomic E-state index is 0.116. The zero-order chi connectivity index (χ0) is 13.7. The molecule has 0 spiro atoms. The number of halogens is 1. The Labute approximate surface area is 118 Å². The largest absolute Gasteiger partial charge is 0.369 e. The van der Waals surface area contributed by atoms with E-state index in [0.29, 0.717) is 0 Å². The van der Waals surface area contributed by atoms with E-state index in [-0.39, 0.29) is 6.04 Å². The molecule has 2 N–H and O–H groups in total. The summed E-state index contributed by atoms with van der Waals surface area (Å²) in [5, 5.41) is 7.18. The second kappa shape index (κ2) is 6.38. The van der Waals surface area contributed by atoms with Crippen molar-refractivity contribution in [2.45, 2.75) is 19.9 Å². The van der Waals surface area contributed by atoms with Gasteiger partial charge in [0.15, 0.2) is 0 Å². The molecular formula is C14H17ClN4. The average molecular weight is 277 g/mol. The normalized spacial score (nSPS) is 11.9. The second-order valence-corrected chi connectivity index (χ2v) is 4.68. The molecular weight excluding hydrogens is 260 g/mol. The van der Waals surface area contributed by atoms with Gasteiger partial charge in [0.1, 0.15) is 11.6 Å². The van der Waals surface area contributed by atoms with Gasteiger partial charge in [0.2, 0.25) is 0 Å². The molecule has 0 aliphatic heterocycles. The predicted octanol–water partition coefficient (Wildman–Crippen LogP) is 3.73. The smallest absolute Gasteiger partial charge is 0.147 e. The first-order valence-electron chi connectivity index (χ1n) is 6.27. The van der Waals surface area contributed by atoms with E-state index in [2.05, 4.69) is 27.5 Å². The molecule has 1 aromatic heterocycles. The van der Waals surface area contributed by atoms with Crippen LogP contribution in [-0.2, 0) is 0 Å². The third-order valence-electron chi connectivity index (χ3n) is 2.71. The lowest BCUT2D eigenvalue weighted by molar-refractivity contribution is 0.871. The van der Waals surface area contributed by atoms with E-state index in [0.717, 1.165) is 28.8 Å². The molecule has 4 nitrogen and oxygen atoms in total. The maximum atomic E-state index is 5.99. The summed E-state index contributed by atoms with van der Waals surface area (Å²) in [5.74, 6) is 1.51. The Hall–Kier alpha value is -1.81. The Morgan fingerprint density at radius 3 is 2.79 bits per heavy atom. The van der Waals surface area contributed by atoms with Crippen molar-refractivity contribution in [2.75, 3.05) is 17.2 Å². The van der Waals surface area contributed by atoms with Gasteiger partial charge in [-0.15, -0.1) is 0 Å². The molecule has 19 heavy (non-hydrogen) atoms. The second-order valence-electron chi connectivity index (χ2n) is 4.24. The molecule has 1 atom stereocenters. The fourth-order valence-electron chi connectivity index (χ4n) is 1.78. The van der Waals surface area contributed by atoms with E-state index in [1.54, 1.807) is 12.4 Å². The van der Waals surface area contributed by atoms with Gasteiger partial charge in [0.05, 0.1) is 18.4 Å². The molecule has 0 aliphatic rings. The Morgan fingerprint density at radius 1 is 1.26 bits per heavy atom. The summed E-state index contributed by atoms with van der Waals surface area (Å²) in [7, 11) is 0. The van der Waals surface area contributed by atoms with Crippen molar-refractivity contribution < 1.29 is 0 Å². The molecule has 0 saturated carbocycles. The van der Waals surface area contributed by atoms with Gasteiger partial charge in [0.25, 0.3) is 0 Å². The summed E-state index contributed by atoms with van der Waals surface area (Å²) >= 11 is 5.99. The minimum atomic E-state index is 0.116. The van der Waals surface area contributed by atoms with Crippen LogP contribution in [0.25, 0.3) is 0 Å². The highest BCUT2D eigenvalue weighted by molar-refractivity contribution is 6.30. The molecule has 0 aliphatic carbocycles. The fraction of sp³-hybridized carbons (Fsp3) is 0.286. The Balaban J connectivity index is 2.10. The molecule has 0 bridgehead atoms. The van der Waals surface area contributed by atoms with Gasteiger partial charge in [-0.1, -0.05) is 23.7 Å². The SMILES string of the molecule is CCNc1cncc(NC(C)c2cccc(Cl)c2)n1. The molecule has 0 radical (unpaired) electrons. The molecule has 0 fully saturated rings. The standard InChI is InChI=1S/C14H17ClN4/c1-3-17-13-8-16-9-14(19-13)18-10(2)11-5-4-6-12(15)7-11/h4-10H,3H2,1-2H3,(H2,17,18,19). The number of nitrogens with zero attached hydrogens (tertiary/aromatic N) is 2. The Morgan fingerprint density at radius 2 is 2.05 bits per heavy atom. The Bertz CT molecular complexity index is 544. The zero-order valence-electron chi connectivity index (χ0n) is 11.0. The van der Waals surface area contributed by atoms with Gasteiger partial charge in [0, 0.05) is 11.6 Å². The summed E-state index contributed by atoms with van der Waals surface area (Å²) < 4.78 is 0. The highest BCUT2D eigenvalue weighted by Gasteiger charge is 2.07. The lowest BCUT2D eigenvalue weighted by Gasteiger charge is -2.15. The van der Waals surface area contributed by atoms with Crippen molar-refractivity contribution in [1.29, 1.82) is 0 Å². The third kappa shape index (κ3) is 3.83. The molecule has 2 aromatic rings. The van der Waals surface area contributed by atoms with Gasteiger partial charge in [-0.25, -0.2) is 4.98 Å². The van der Waals surface area contributed by atoms with Crippen LogP contribution in [0.5, 0.6) is 0 Å². The van der Waals surface area contributed by atoms with E-state index < -0.39 is 0 Å².